The average molecular weight is 278 g/mol. The van der Waals surface area contributed by atoms with Crippen molar-refractivity contribution >= 4 is 17.2 Å². The molecule has 0 aromatic carbocycles. The molecule has 1 N–H and O–H groups in total. The van der Waals surface area contributed by atoms with E-state index in [2.05, 4.69) is 11.4 Å². The molecule has 1 unspecified atom stereocenters. The van der Waals surface area contributed by atoms with Crippen molar-refractivity contribution in [3.05, 3.63) is 16.3 Å². The molecule has 1 atom stereocenters. The Balaban J connectivity index is 2.02. The third-order valence-corrected chi connectivity index (χ3v) is 4.50. The Kier molecular flexibility index (Phi) is 4.80. The maximum absolute atomic E-state index is 12.2. The lowest BCUT2D eigenvalue weighted by molar-refractivity contribution is 0.0930. The minimum absolute atomic E-state index is 0.205. The summed E-state index contributed by atoms with van der Waals surface area (Å²) in [4.78, 5) is 12.7. The Morgan fingerprint density at radius 2 is 2.26 bits per heavy atom. The second-order valence-corrected chi connectivity index (χ2v) is 5.71. The van der Waals surface area contributed by atoms with Crippen molar-refractivity contribution in [1.29, 1.82) is 5.26 Å². The number of hydrogen-bond donors (Lipinski definition) is 1. The van der Waals surface area contributed by atoms with Crippen LogP contribution in [0.4, 0.5) is 0 Å². The molecule has 0 bridgehead atoms. The molecular formula is C14H18N2O2S. The molecule has 1 fully saturated rings. The summed E-state index contributed by atoms with van der Waals surface area (Å²) in [5.74, 6) is 0.653. The standard InChI is InChI=1S/C14H18N2O2S/c1-18-12-7-8-19-13(12)14(17)16-11(9-15)10-5-3-2-4-6-10/h7-8,10-11H,2-6H2,1H3,(H,16,17). The van der Waals surface area contributed by atoms with E-state index in [-0.39, 0.29) is 17.9 Å². The molecule has 0 spiro atoms. The molecule has 1 aromatic heterocycles. The van der Waals surface area contributed by atoms with Crippen LogP contribution < -0.4 is 10.1 Å². The highest BCUT2D eigenvalue weighted by molar-refractivity contribution is 7.12. The van der Waals surface area contributed by atoms with Gasteiger partial charge in [-0.1, -0.05) is 19.3 Å². The molecule has 1 aromatic rings. The molecule has 102 valence electrons. The van der Waals surface area contributed by atoms with E-state index in [0.29, 0.717) is 10.6 Å². The largest absolute Gasteiger partial charge is 0.495 e. The molecule has 5 heteroatoms. The van der Waals surface area contributed by atoms with E-state index in [1.807, 2.05) is 5.38 Å². The van der Waals surface area contributed by atoms with Crippen LogP contribution in [0.1, 0.15) is 41.8 Å². The molecule has 1 heterocycles. The van der Waals surface area contributed by atoms with Crippen molar-refractivity contribution in [2.45, 2.75) is 38.1 Å². The molecule has 1 aliphatic rings. The van der Waals surface area contributed by atoms with Crippen molar-refractivity contribution in [2.75, 3.05) is 7.11 Å². The molecule has 1 amide bonds. The van der Waals surface area contributed by atoms with Crippen LogP contribution in [0.5, 0.6) is 5.75 Å². The smallest absolute Gasteiger partial charge is 0.266 e. The maximum Gasteiger partial charge on any atom is 0.266 e. The van der Waals surface area contributed by atoms with Crippen LogP contribution in [0.3, 0.4) is 0 Å². The Hall–Kier alpha value is -1.54. The lowest BCUT2D eigenvalue weighted by atomic mass is 9.84. The predicted octanol–water partition coefficient (Wildman–Crippen LogP) is 2.96. The van der Waals surface area contributed by atoms with Gasteiger partial charge in [0.25, 0.3) is 5.91 Å². The van der Waals surface area contributed by atoms with Gasteiger partial charge in [-0.05, 0) is 30.2 Å². The second kappa shape index (κ2) is 6.58. The predicted molar refractivity (Wildman–Crippen MR) is 74.3 cm³/mol. The molecule has 1 saturated carbocycles. The number of carbonyl (C=O) groups is 1. The summed E-state index contributed by atoms with van der Waals surface area (Å²) in [5, 5.41) is 13.9. The Labute approximate surface area is 117 Å². The van der Waals surface area contributed by atoms with Crippen molar-refractivity contribution in [2.24, 2.45) is 5.92 Å². The minimum atomic E-state index is -0.389. The number of nitrogens with zero attached hydrogens (tertiary/aromatic N) is 1. The average Bonchev–Trinajstić information content (AvgIpc) is 2.94. The van der Waals surface area contributed by atoms with Crippen molar-refractivity contribution in [1.82, 2.24) is 5.32 Å². The van der Waals surface area contributed by atoms with Crippen LogP contribution in [-0.4, -0.2) is 19.1 Å². The number of methoxy groups -OCH3 is 1. The van der Waals surface area contributed by atoms with E-state index in [1.54, 1.807) is 13.2 Å². The zero-order valence-corrected chi connectivity index (χ0v) is 11.8. The molecule has 0 radical (unpaired) electrons. The van der Waals surface area contributed by atoms with Gasteiger partial charge in [-0.15, -0.1) is 11.3 Å². The quantitative estimate of drug-likeness (QED) is 0.921. The molecule has 4 nitrogen and oxygen atoms in total. The first-order valence-electron chi connectivity index (χ1n) is 6.58. The van der Waals surface area contributed by atoms with Crippen LogP contribution in [0.2, 0.25) is 0 Å². The Bertz CT molecular complexity index is 472. The van der Waals surface area contributed by atoms with Gasteiger partial charge in [0.05, 0.1) is 13.2 Å². The lowest BCUT2D eigenvalue weighted by Gasteiger charge is -2.26. The van der Waals surface area contributed by atoms with Crippen LogP contribution >= 0.6 is 11.3 Å². The van der Waals surface area contributed by atoms with Gasteiger partial charge in [-0.2, -0.15) is 5.26 Å². The fourth-order valence-corrected chi connectivity index (χ4v) is 3.31. The topological polar surface area (TPSA) is 62.1 Å². The van der Waals surface area contributed by atoms with Gasteiger partial charge >= 0.3 is 0 Å². The fourth-order valence-electron chi connectivity index (χ4n) is 2.55. The third-order valence-electron chi connectivity index (χ3n) is 3.60. The van der Waals surface area contributed by atoms with Crippen molar-refractivity contribution < 1.29 is 9.53 Å². The zero-order chi connectivity index (χ0) is 13.7. The van der Waals surface area contributed by atoms with Gasteiger partial charge in [0, 0.05) is 0 Å². The number of rotatable bonds is 4. The van der Waals surface area contributed by atoms with E-state index in [0.717, 1.165) is 25.7 Å². The van der Waals surface area contributed by atoms with E-state index in [4.69, 9.17) is 4.74 Å². The summed E-state index contributed by atoms with van der Waals surface area (Å²) in [6, 6.07) is 3.61. The molecule has 2 rings (SSSR count). The third kappa shape index (κ3) is 3.27. The minimum Gasteiger partial charge on any atom is -0.495 e. The first kappa shape index (κ1) is 13.9. The van der Waals surface area contributed by atoms with Gasteiger partial charge in [-0.25, -0.2) is 0 Å². The van der Waals surface area contributed by atoms with Gasteiger partial charge in [0.1, 0.15) is 16.7 Å². The molecule has 1 aliphatic carbocycles. The lowest BCUT2D eigenvalue weighted by Crippen LogP contribution is -2.39. The number of nitriles is 1. The summed E-state index contributed by atoms with van der Waals surface area (Å²) in [5.41, 5.74) is 0. The number of thiophene rings is 1. The maximum atomic E-state index is 12.2. The summed E-state index contributed by atoms with van der Waals surface area (Å²) in [7, 11) is 1.54. The number of carbonyl (C=O) groups excluding carboxylic acids is 1. The SMILES string of the molecule is COc1ccsc1C(=O)NC(C#N)C1CCCCC1. The molecule has 0 aliphatic heterocycles. The summed E-state index contributed by atoms with van der Waals surface area (Å²) in [6.45, 7) is 0. The van der Waals surface area contributed by atoms with Gasteiger partial charge in [-0.3, -0.25) is 4.79 Å². The number of hydrogen-bond acceptors (Lipinski definition) is 4. The molecular weight excluding hydrogens is 260 g/mol. The molecule has 0 saturated heterocycles. The second-order valence-electron chi connectivity index (χ2n) is 4.80. The first-order valence-corrected chi connectivity index (χ1v) is 7.46. The molecule has 19 heavy (non-hydrogen) atoms. The highest BCUT2D eigenvalue weighted by Gasteiger charge is 2.26. The van der Waals surface area contributed by atoms with Gasteiger partial charge in [0.15, 0.2) is 0 Å². The van der Waals surface area contributed by atoms with E-state index >= 15 is 0 Å². The van der Waals surface area contributed by atoms with Crippen LogP contribution in [-0.2, 0) is 0 Å². The summed E-state index contributed by atoms with van der Waals surface area (Å²) >= 11 is 1.33. The number of amides is 1. The van der Waals surface area contributed by atoms with Crippen molar-refractivity contribution in [3.8, 4) is 11.8 Å². The zero-order valence-electron chi connectivity index (χ0n) is 11.0. The Morgan fingerprint density at radius 1 is 1.53 bits per heavy atom. The van der Waals surface area contributed by atoms with Crippen LogP contribution in [0.15, 0.2) is 11.4 Å². The van der Waals surface area contributed by atoms with Gasteiger partial charge < -0.3 is 10.1 Å². The highest BCUT2D eigenvalue weighted by Crippen LogP contribution is 2.28. The Morgan fingerprint density at radius 3 is 2.89 bits per heavy atom. The number of ether oxygens (including phenoxy) is 1. The monoisotopic (exact) mass is 278 g/mol. The van der Waals surface area contributed by atoms with E-state index < -0.39 is 0 Å². The van der Waals surface area contributed by atoms with Crippen LogP contribution in [0.25, 0.3) is 0 Å². The van der Waals surface area contributed by atoms with Crippen LogP contribution in [0, 0.1) is 17.2 Å². The summed E-state index contributed by atoms with van der Waals surface area (Å²) in [6.07, 6.45) is 5.60. The van der Waals surface area contributed by atoms with E-state index in [9.17, 15) is 10.1 Å². The van der Waals surface area contributed by atoms with E-state index in [1.165, 1.54) is 17.8 Å². The normalized spacial score (nSPS) is 17.5. The fraction of sp³-hybridized carbons (Fsp3) is 0.571. The summed E-state index contributed by atoms with van der Waals surface area (Å²) < 4.78 is 5.13. The van der Waals surface area contributed by atoms with Gasteiger partial charge in [0.2, 0.25) is 0 Å². The first-order chi connectivity index (χ1) is 9.26. The van der Waals surface area contributed by atoms with Crippen molar-refractivity contribution in [3.63, 3.8) is 0 Å². The highest BCUT2D eigenvalue weighted by atomic mass is 32.1. The number of nitrogens with one attached hydrogen (secondary N) is 1.